The molecule has 0 spiro atoms. The summed E-state index contributed by atoms with van der Waals surface area (Å²) < 4.78 is 5.59. The van der Waals surface area contributed by atoms with E-state index in [4.69, 9.17) is 22.8 Å². The molecule has 0 saturated heterocycles. The molecule has 0 aliphatic carbocycles. The smallest absolute Gasteiger partial charge is 0.137 e. The summed E-state index contributed by atoms with van der Waals surface area (Å²) in [6.07, 6.45) is 6.76. The second-order valence-electron chi connectivity index (χ2n) is 5.52. The summed E-state index contributed by atoms with van der Waals surface area (Å²) in [5, 5.41) is 4.07. The predicted molar refractivity (Wildman–Crippen MR) is 81.6 cm³/mol. The molecule has 0 unspecified atom stereocenters. The monoisotopic (exact) mass is 279 g/mol. The summed E-state index contributed by atoms with van der Waals surface area (Å²) in [5.74, 6) is 3.31. The van der Waals surface area contributed by atoms with Crippen LogP contribution in [0.3, 0.4) is 0 Å². The molecular weight excluding hydrogens is 258 g/mol. The zero-order valence-corrected chi connectivity index (χ0v) is 12.7. The molecule has 2 nitrogen and oxygen atoms in total. The van der Waals surface area contributed by atoms with Gasteiger partial charge in [-0.15, -0.1) is 12.3 Å². The van der Waals surface area contributed by atoms with E-state index in [0.717, 1.165) is 30.7 Å². The molecule has 0 radical (unpaired) electrons. The average Bonchev–Trinajstić information content (AvgIpc) is 2.33. The lowest BCUT2D eigenvalue weighted by Crippen LogP contribution is -2.35. The van der Waals surface area contributed by atoms with Crippen LogP contribution in [-0.4, -0.2) is 12.1 Å². The number of rotatable bonds is 6. The van der Waals surface area contributed by atoms with E-state index >= 15 is 0 Å². The first-order valence-electron chi connectivity index (χ1n) is 6.52. The van der Waals surface area contributed by atoms with Gasteiger partial charge in [0.25, 0.3) is 0 Å². The van der Waals surface area contributed by atoms with Gasteiger partial charge in [-0.25, -0.2) is 0 Å². The van der Waals surface area contributed by atoms with E-state index in [0.29, 0.717) is 11.6 Å². The van der Waals surface area contributed by atoms with Gasteiger partial charge in [0.05, 0.1) is 11.6 Å². The summed E-state index contributed by atoms with van der Waals surface area (Å²) in [4.78, 5) is 0. The third-order valence-electron chi connectivity index (χ3n) is 2.54. The number of nitrogens with one attached hydrogen (secondary N) is 1. The SMILES string of the molecule is C#CCCCOc1ccc(CNC(C)(C)C)cc1Cl. The molecule has 0 saturated carbocycles. The quantitative estimate of drug-likeness (QED) is 0.627. The Morgan fingerprint density at radius 2 is 2.11 bits per heavy atom. The molecule has 0 heterocycles. The zero-order chi connectivity index (χ0) is 14.3. The molecule has 104 valence electrons. The van der Waals surface area contributed by atoms with Crippen molar-refractivity contribution in [2.75, 3.05) is 6.61 Å². The standard InChI is InChI=1S/C16H22ClNO/c1-5-6-7-10-19-15-9-8-13(11-14(15)17)12-18-16(2,3)4/h1,8-9,11,18H,6-7,10,12H2,2-4H3. The first kappa shape index (κ1) is 15.9. The van der Waals surface area contributed by atoms with Crippen molar-refractivity contribution in [3.8, 4) is 18.1 Å². The molecule has 0 aromatic heterocycles. The van der Waals surface area contributed by atoms with Crippen molar-refractivity contribution in [1.82, 2.24) is 5.32 Å². The van der Waals surface area contributed by atoms with Gasteiger partial charge in [-0.3, -0.25) is 0 Å². The average molecular weight is 280 g/mol. The first-order valence-corrected chi connectivity index (χ1v) is 6.90. The van der Waals surface area contributed by atoms with Crippen LogP contribution in [-0.2, 0) is 6.54 Å². The summed E-state index contributed by atoms with van der Waals surface area (Å²) in [5.41, 5.74) is 1.24. The highest BCUT2D eigenvalue weighted by Crippen LogP contribution is 2.25. The van der Waals surface area contributed by atoms with Crippen molar-refractivity contribution in [2.24, 2.45) is 0 Å². The molecular formula is C16H22ClNO. The van der Waals surface area contributed by atoms with Crippen LogP contribution in [0.4, 0.5) is 0 Å². The fourth-order valence-corrected chi connectivity index (χ4v) is 1.75. The Kier molecular flexibility index (Phi) is 6.21. The van der Waals surface area contributed by atoms with Gasteiger partial charge in [0, 0.05) is 18.5 Å². The van der Waals surface area contributed by atoms with Gasteiger partial charge in [-0.1, -0.05) is 17.7 Å². The lowest BCUT2D eigenvalue weighted by atomic mass is 10.1. The molecule has 1 rings (SSSR count). The molecule has 1 N–H and O–H groups in total. The molecule has 1 aromatic carbocycles. The lowest BCUT2D eigenvalue weighted by molar-refractivity contribution is 0.313. The summed E-state index contributed by atoms with van der Waals surface area (Å²) in [6, 6.07) is 5.88. The number of halogens is 1. The fourth-order valence-electron chi connectivity index (χ4n) is 1.49. The highest BCUT2D eigenvalue weighted by Gasteiger charge is 2.09. The van der Waals surface area contributed by atoms with Crippen molar-refractivity contribution >= 4 is 11.6 Å². The summed E-state index contributed by atoms with van der Waals surface area (Å²) >= 11 is 6.20. The van der Waals surface area contributed by atoms with Gasteiger partial charge in [0.2, 0.25) is 0 Å². The van der Waals surface area contributed by atoms with Gasteiger partial charge in [0.15, 0.2) is 0 Å². The Morgan fingerprint density at radius 1 is 1.37 bits per heavy atom. The van der Waals surface area contributed by atoms with E-state index in [-0.39, 0.29) is 5.54 Å². The van der Waals surface area contributed by atoms with Gasteiger partial charge >= 0.3 is 0 Å². The normalized spacial score (nSPS) is 11.1. The maximum atomic E-state index is 6.20. The molecule has 0 atom stereocenters. The van der Waals surface area contributed by atoms with Crippen molar-refractivity contribution in [3.63, 3.8) is 0 Å². The number of ether oxygens (including phenoxy) is 1. The minimum Gasteiger partial charge on any atom is -0.492 e. The Labute approximate surface area is 121 Å². The van der Waals surface area contributed by atoms with Gasteiger partial charge in [-0.2, -0.15) is 0 Å². The Balaban J connectivity index is 2.52. The van der Waals surface area contributed by atoms with E-state index in [9.17, 15) is 0 Å². The molecule has 0 fully saturated rings. The maximum absolute atomic E-state index is 6.20. The van der Waals surface area contributed by atoms with Gasteiger partial charge in [0.1, 0.15) is 5.75 Å². The largest absolute Gasteiger partial charge is 0.492 e. The fraction of sp³-hybridized carbons (Fsp3) is 0.500. The van der Waals surface area contributed by atoms with Crippen LogP contribution in [0.2, 0.25) is 5.02 Å². The Morgan fingerprint density at radius 3 is 2.68 bits per heavy atom. The second-order valence-corrected chi connectivity index (χ2v) is 5.93. The third-order valence-corrected chi connectivity index (χ3v) is 2.84. The van der Waals surface area contributed by atoms with Crippen molar-refractivity contribution in [1.29, 1.82) is 0 Å². The minimum absolute atomic E-state index is 0.0941. The van der Waals surface area contributed by atoms with Crippen molar-refractivity contribution in [2.45, 2.75) is 45.7 Å². The predicted octanol–water partition coefficient (Wildman–Crippen LogP) is 4.02. The Hall–Kier alpha value is -1.17. The highest BCUT2D eigenvalue weighted by molar-refractivity contribution is 6.32. The highest BCUT2D eigenvalue weighted by atomic mass is 35.5. The molecule has 0 aliphatic heterocycles. The van der Waals surface area contributed by atoms with Gasteiger partial charge in [-0.05, 0) is 44.9 Å². The summed E-state index contributed by atoms with van der Waals surface area (Å²) in [7, 11) is 0. The molecule has 0 bridgehead atoms. The number of unbranched alkanes of at least 4 members (excludes halogenated alkanes) is 1. The molecule has 0 amide bonds. The van der Waals surface area contributed by atoms with Gasteiger partial charge < -0.3 is 10.1 Å². The number of terminal acetylenes is 1. The van der Waals surface area contributed by atoms with E-state index < -0.39 is 0 Å². The van der Waals surface area contributed by atoms with Crippen LogP contribution in [0.25, 0.3) is 0 Å². The van der Waals surface area contributed by atoms with Crippen molar-refractivity contribution < 1.29 is 4.74 Å². The third kappa shape index (κ3) is 6.52. The lowest BCUT2D eigenvalue weighted by Gasteiger charge is -2.20. The molecule has 19 heavy (non-hydrogen) atoms. The van der Waals surface area contributed by atoms with Crippen LogP contribution in [0.1, 0.15) is 39.2 Å². The second kappa shape index (κ2) is 7.43. The summed E-state index contributed by atoms with van der Waals surface area (Å²) in [6.45, 7) is 7.80. The Bertz CT molecular complexity index is 443. The van der Waals surface area contributed by atoms with Crippen LogP contribution in [0, 0.1) is 12.3 Å². The molecule has 1 aromatic rings. The number of hydrogen-bond donors (Lipinski definition) is 1. The molecule has 3 heteroatoms. The van der Waals surface area contributed by atoms with Crippen LogP contribution in [0.15, 0.2) is 18.2 Å². The topological polar surface area (TPSA) is 21.3 Å². The minimum atomic E-state index is 0.0941. The van der Waals surface area contributed by atoms with E-state index in [1.165, 1.54) is 0 Å². The van der Waals surface area contributed by atoms with Crippen molar-refractivity contribution in [3.05, 3.63) is 28.8 Å². The van der Waals surface area contributed by atoms with Crippen LogP contribution >= 0.6 is 11.6 Å². The number of benzene rings is 1. The molecule has 0 aliphatic rings. The van der Waals surface area contributed by atoms with Crippen LogP contribution in [0.5, 0.6) is 5.75 Å². The maximum Gasteiger partial charge on any atom is 0.137 e. The van der Waals surface area contributed by atoms with E-state index in [1.54, 1.807) is 0 Å². The first-order chi connectivity index (χ1) is 8.92. The van der Waals surface area contributed by atoms with E-state index in [1.807, 2.05) is 18.2 Å². The van der Waals surface area contributed by atoms with Crippen LogP contribution < -0.4 is 10.1 Å². The number of hydrogen-bond acceptors (Lipinski definition) is 2. The zero-order valence-electron chi connectivity index (χ0n) is 11.9. The van der Waals surface area contributed by atoms with E-state index in [2.05, 4.69) is 32.0 Å².